The van der Waals surface area contributed by atoms with Gasteiger partial charge in [0.2, 0.25) is 0 Å². The van der Waals surface area contributed by atoms with E-state index in [0.717, 1.165) is 44.9 Å². The van der Waals surface area contributed by atoms with Gasteiger partial charge in [0.05, 0.1) is 6.61 Å². The Bertz CT molecular complexity index is 174. The van der Waals surface area contributed by atoms with Crippen LogP contribution in [0.3, 0.4) is 0 Å². The van der Waals surface area contributed by atoms with Crippen molar-refractivity contribution in [1.29, 1.82) is 0 Å². The van der Waals surface area contributed by atoms with Gasteiger partial charge in [0.25, 0.3) is 0 Å². The van der Waals surface area contributed by atoms with Crippen molar-refractivity contribution in [3.63, 3.8) is 0 Å². The molecule has 0 bridgehead atoms. The van der Waals surface area contributed by atoms with E-state index in [-0.39, 0.29) is 12.1 Å². The Morgan fingerprint density at radius 2 is 1.93 bits per heavy atom. The van der Waals surface area contributed by atoms with Crippen LogP contribution in [0, 0.1) is 5.92 Å². The molecule has 1 fully saturated rings. The van der Waals surface area contributed by atoms with Crippen LogP contribution in [0.4, 0.5) is 0 Å². The molecule has 1 aliphatic rings. The first-order valence-electron chi connectivity index (χ1n) is 6.24. The molecule has 0 unspecified atom stereocenters. The Balaban J connectivity index is 2.18. The lowest BCUT2D eigenvalue weighted by atomic mass is 9.69. The zero-order valence-electron chi connectivity index (χ0n) is 10.4. The van der Waals surface area contributed by atoms with Gasteiger partial charge in [0, 0.05) is 18.6 Å². The maximum absolute atomic E-state index is 9.36. The Hall–Kier alpha value is -0.120. The fraction of sp³-hybridized carbons (Fsp3) is 1.00. The first kappa shape index (κ1) is 12.9. The van der Waals surface area contributed by atoms with E-state index in [0.29, 0.717) is 0 Å². The predicted molar refractivity (Wildman–Crippen MR) is 64.0 cm³/mol. The first-order chi connectivity index (χ1) is 7.15. The van der Waals surface area contributed by atoms with Crippen LogP contribution in [0.5, 0.6) is 0 Å². The normalized spacial score (nSPS) is 30.6. The standard InChI is InChI=1S/C12H26N2O/c1-4-14(5-2)7-6-13-12(10-15)8-11(3)9-12/h11,13,15H,4-10H2,1-3H3. The highest BCUT2D eigenvalue weighted by atomic mass is 16.3. The molecular formula is C12H26N2O. The number of rotatable bonds is 7. The molecule has 0 aromatic heterocycles. The van der Waals surface area contributed by atoms with Gasteiger partial charge < -0.3 is 15.3 Å². The topological polar surface area (TPSA) is 35.5 Å². The fourth-order valence-electron chi connectivity index (χ4n) is 2.62. The summed E-state index contributed by atoms with van der Waals surface area (Å²) >= 11 is 0. The van der Waals surface area contributed by atoms with Gasteiger partial charge in [-0.15, -0.1) is 0 Å². The van der Waals surface area contributed by atoms with Crippen molar-refractivity contribution in [2.24, 2.45) is 5.92 Å². The van der Waals surface area contributed by atoms with Crippen LogP contribution < -0.4 is 5.32 Å². The molecule has 90 valence electrons. The second-order valence-corrected chi connectivity index (χ2v) is 4.91. The monoisotopic (exact) mass is 214 g/mol. The summed E-state index contributed by atoms with van der Waals surface area (Å²) in [4.78, 5) is 2.40. The molecule has 15 heavy (non-hydrogen) atoms. The minimum Gasteiger partial charge on any atom is -0.394 e. The van der Waals surface area contributed by atoms with Crippen LogP contribution in [0.25, 0.3) is 0 Å². The summed E-state index contributed by atoms with van der Waals surface area (Å²) in [5.74, 6) is 0.776. The average molecular weight is 214 g/mol. The molecular weight excluding hydrogens is 188 g/mol. The Labute approximate surface area is 93.9 Å². The Morgan fingerprint density at radius 1 is 1.33 bits per heavy atom. The number of aliphatic hydroxyl groups excluding tert-OH is 1. The summed E-state index contributed by atoms with van der Waals surface area (Å²) < 4.78 is 0. The average Bonchev–Trinajstić information content (AvgIpc) is 2.21. The summed E-state index contributed by atoms with van der Waals surface area (Å²) in [5.41, 5.74) is 0.0482. The zero-order valence-corrected chi connectivity index (χ0v) is 10.4. The highest BCUT2D eigenvalue weighted by Gasteiger charge is 2.40. The minimum absolute atomic E-state index is 0.0482. The van der Waals surface area contributed by atoms with Crippen molar-refractivity contribution >= 4 is 0 Å². The van der Waals surface area contributed by atoms with Crippen molar-refractivity contribution in [3.05, 3.63) is 0 Å². The molecule has 0 atom stereocenters. The highest BCUT2D eigenvalue weighted by Crippen LogP contribution is 2.36. The smallest absolute Gasteiger partial charge is 0.0613 e. The van der Waals surface area contributed by atoms with E-state index in [9.17, 15) is 5.11 Å². The molecule has 1 aliphatic carbocycles. The van der Waals surface area contributed by atoms with Gasteiger partial charge in [0.15, 0.2) is 0 Å². The highest BCUT2D eigenvalue weighted by molar-refractivity contribution is 4.99. The largest absolute Gasteiger partial charge is 0.394 e. The number of likely N-dealkylation sites (N-methyl/N-ethyl adjacent to an activating group) is 1. The van der Waals surface area contributed by atoms with E-state index in [2.05, 4.69) is 31.0 Å². The van der Waals surface area contributed by atoms with Crippen LogP contribution in [0.1, 0.15) is 33.6 Å². The molecule has 2 N–H and O–H groups in total. The van der Waals surface area contributed by atoms with Crippen molar-refractivity contribution in [3.8, 4) is 0 Å². The van der Waals surface area contributed by atoms with Gasteiger partial charge >= 0.3 is 0 Å². The molecule has 1 saturated carbocycles. The number of nitrogens with one attached hydrogen (secondary N) is 1. The summed E-state index contributed by atoms with van der Waals surface area (Å²) in [5, 5.41) is 12.9. The number of nitrogens with zero attached hydrogens (tertiary/aromatic N) is 1. The van der Waals surface area contributed by atoms with Gasteiger partial charge in [-0.25, -0.2) is 0 Å². The van der Waals surface area contributed by atoms with E-state index in [1.807, 2.05) is 0 Å². The SMILES string of the molecule is CCN(CC)CCNC1(CO)CC(C)C1. The second kappa shape index (κ2) is 5.83. The molecule has 1 rings (SSSR count). The van der Waals surface area contributed by atoms with Crippen molar-refractivity contribution < 1.29 is 5.11 Å². The second-order valence-electron chi connectivity index (χ2n) is 4.91. The number of hydrogen-bond acceptors (Lipinski definition) is 3. The van der Waals surface area contributed by atoms with Gasteiger partial charge in [-0.3, -0.25) is 0 Å². The lowest BCUT2D eigenvalue weighted by Gasteiger charge is -2.46. The van der Waals surface area contributed by atoms with Crippen LogP contribution in [-0.2, 0) is 0 Å². The molecule has 0 amide bonds. The molecule has 0 aromatic rings. The fourth-order valence-corrected chi connectivity index (χ4v) is 2.62. The van der Waals surface area contributed by atoms with Gasteiger partial charge in [0.1, 0.15) is 0 Å². The predicted octanol–water partition coefficient (Wildman–Crippen LogP) is 1.08. The third kappa shape index (κ3) is 3.44. The maximum Gasteiger partial charge on any atom is 0.0613 e. The zero-order chi connectivity index (χ0) is 11.3. The summed E-state index contributed by atoms with van der Waals surface area (Å²) in [7, 11) is 0. The van der Waals surface area contributed by atoms with Crippen molar-refractivity contribution in [1.82, 2.24) is 10.2 Å². The van der Waals surface area contributed by atoms with Crippen LogP contribution in [-0.4, -0.2) is 48.3 Å². The van der Waals surface area contributed by atoms with E-state index in [4.69, 9.17) is 0 Å². The molecule has 0 aromatic carbocycles. The third-order valence-corrected chi connectivity index (χ3v) is 3.60. The lowest BCUT2D eigenvalue weighted by molar-refractivity contribution is 0.0455. The van der Waals surface area contributed by atoms with Gasteiger partial charge in [-0.1, -0.05) is 20.8 Å². The van der Waals surface area contributed by atoms with Crippen molar-refractivity contribution in [2.75, 3.05) is 32.8 Å². The molecule has 0 saturated heterocycles. The quantitative estimate of drug-likeness (QED) is 0.665. The molecule has 0 heterocycles. The molecule has 0 aliphatic heterocycles. The number of aliphatic hydroxyl groups is 1. The van der Waals surface area contributed by atoms with E-state index in [1.54, 1.807) is 0 Å². The van der Waals surface area contributed by atoms with E-state index in [1.165, 1.54) is 0 Å². The maximum atomic E-state index is 9.36. The number of hydrogen-bond donors (Lipinski definition) is 2. The molecule has 3 nitrogen and oxygen atoms in total. The summed E-state index contributed by atoms with van der Waals surface area (Å²) in [6.45, 7) is 11.2. The van der Waals surface area contributed by atoms with Crippen LogP contribution in [0.2, 0.25) is 0 Å². The molecule has 0 spiro atoms. The van der Waals surface area contributed by atoms with Crippen molar-refractivity contribution in [2.45, 2.75) is 39.2 Å². The first-order valence-corrected chi connectivity index (χ1v) is 6.24. The Kier molecular flexibility index (Phi) is 5.03. The van der Waals surface area contributed by atoms with Gasteiger partial charge in [-0.05, 0) is 31.8 Å². The molecule has 0 radical (unpaired) electrons. The van der Waals surface area contributed by atoms with Crippen LogP contribution >= 0.6 is 0 Å². The minimum atomic E-state index is 0.0482. The van der Waals surface area contributed by atoms with Gasteiger partial charge in [-0.2, -0.15) is 0 Å². The summed E-state index contributed by atoms with van der Waals surface area (Å²) in [6, 6.07) is 0. The summed E-state index contributed by atoms with van der Waals surface area (Å²) in [6.07, 6.45) is 2.25. The lowest BCUT2D eigenvalue weighted by Crippen LogP contribution is -2.58. The Morgan fingerprint density at radius 3 is 2.33 bits per heavy atom. The third-order valence-electron chi connectivity index (χ3n) is 3.60. The molecule has 3 heteroatoms. The van der Waals surface area contributed by atoms with E-state index < -0.39 is 0 Å². The van der Waals surface area contributed by atoms with Crippen LogP contribution in [0.15, 0.2) is 0 Å². The van der Waals surface area contributed by atoms with E-state index >= 15 is 0 Å².